The predicted octanol–water partition coefficient (Wildman–Crippen LogP) is 4.36. The second kappa shape index (κ2) is 5.48. The molecule has 0 bridgehead atoms. The summed E-state index contributed by atoms with van der Waals surface area (Å²) in [6, 6.07) is 12.4. The zero-order valence-electron chi connectivity index (χ0n) is 10.4. The maximum Gasteiger partial charge on any atom is 0.147 e. The quantitative estimate of drug-likeness (QED) is 0.779. The zero-order chi connectivity index (χ0) is 14.1. The summed E-state index contributed by atoms with van der Waals surface area (Å²) in [5, 5.41) is 11.0. The summed E-state index contributed by atoms with van der Waals surface area (Å²) in [6.45, 7) is 0. The van der Waals surface area contributed by atoms with E-state index < -0.39 is 11.9 Å². The number of rotatable bonds is 3. The van der Waals surface area contributed by atoms with Gasteiger partial charge in [0.15, 0.2) is 0 Å². The van der Waals surface area contributed by atoms with Crippen molar-refractivity contribution in [3.8, 4) is 0 Å². The van der Waals surface area contributed by atoms with Crippen LogP contribution in [0.2, 0.25) is 5.02 Å². The van der Waals surface area contributed by atoms with Gasteiger partial charge in [-0.05, 0) is 18.2 Å². The molecule has 0 spiro atoms. The molecule has 0 amide bonds. The number of benzene rings is 2. The molecule has 1 aromatic heterocycles. The van der Waals surface area contributed by atoms with Crippen molar-refractivity contribution in [1.29, 1.82) is 0 Å². The standard InChI is InChI=1S/C15H11ClFNOS/c16-10-5-3-4-9(15(10)17)12(19)8-14-18-11-6-1-2-7-13(11)20-14/h1-7,12,19H,8H2. The third kappa shape index (κ3) is 2.54. The SMILES string of the molecule is OC(Cc1nc2ccccc2s1)c1cccc(Cl)c1F. The average molecular weight is 308 g/mol. The highest BCUT2D eigenvalue weighted by molar-refractivity contribution is 7.18. The van der Waals surface area contributed by atoms with Crippen LogP contribution < -0.4 is 0 Å². The number of halogens is 2. The van der Waals surface area contributed by atoms with Crippen LogP contribution in [-0.2, 0) is 6.42 Å². The maximum absolute atomic E-state index is 13.9. The first-order valence-corrected chi connectivity index (χ1v) is 7.31. The molecule has 1 N–H and O–H groups in total. The Labute approximate surface area is 124 Å². The molecule has 3 aromatic rings. The van der Waals surface area contributed by atoms with Gasteiger partial charge in [-0.15, -0.1) is 11.3 Å². The van der Waals surface area contributed by atoms with E-state index in [0.29, 0.717) is 0 Å². The number of aliphatic hydroxyl groups excluding tert-OH is 1. The predicted molar refractivity (Wildman–Crippen MR) is 79.7 cm³/mol. The topological polar surface area (TPSA) is 33.1 Å². The third-order valence-corrected chi connectivity index (χ3v) is 4.40. The monoisotopic (exact) mass is 307 g/mol. The van der Waals surface area contributed by atoms with Crippen molar-refractivity contribution in [2.24, 2.45) is 0 Å². The van der Waals surface area contributed by atoms with Crippen molar-refractivity contribution in [1.82, 2.24) is 4.98 Å². The van der Waals surface area contributed by atoms with E-state index in [4.69, 9.17) is 11.6 Å². The highest BCUT2D eigenvalue weighted by atomic mass is 35.5. The van der Waals surface area contributed by atoms with E-state index in [9.17, 15) is 9.50 Å². The maximum atomic E-state index is 13.9. The van der Waals surface area contributed by atoms with E-state index in [1.54, 1.807) is 12.1 Å². The zero-order valence-corrected chi connectivity index (χ0v) is 12.0. The molecule has 3 rings (SSSR count). The molecule has 0 saturated heterocycles. The molecule has 102 valence electrons. The van der Waals surface area contributed by atoms with Gasteiger partial charge in [-0.2, -0.15) is 0 Å². The number of thiazole rings is 1. The molecule has 0 saturated carbocycles. The number of aliphatic hydroxyl groups is 1. The molecule has 1 unspecified atom stereocenters. The first-order chi connectivity index (χ1) is 9.65. The highest BCUT2D eigenvalue weighted by Gasteiger charge is 2.17. The molecule has 0 aliphatic carbocycles. The van der Waals surface area contributed by atoms with Crippen LogP contribution in [-0.4, -0.2) is 10.1 Å². The number of nitrogens with zero attached hydrogens (tertiary/aromatic N) is 1. The normalized spacial score (nSPS) is 12.8. The molecule has 1 heterocycles. The van der Waals surface area contributed by atoms with Crippen LogP contribution in [0.4, 0.5) is 4.39 Å². The van der Waals surface area contributed by atoms with Crippen molar-refractivity contribution in [2.75, 3.05) is 0 Å². The van der Waals surface area contributed by atoms with Crippen LogP contribution in [0.15, 0.2) is 42.5 Å². The summed E-state index contributed by atoms with van der Waals surface area (Å²) in [4.78, 5) is 4.43. The summed E-state index contributed by atoms with van der Waals surface area (Å²) >= 11 is 7.23. The molecule has 2 nitrogen and oxygen atoms in total. The minimum absolute atomic E-state index is 0.0193. The molecule has 0 fully saturated rings. The Bertz CT molecular complexity index is 725. The number of para-hydroxylation sites is 1. The van der Waals surface area contributed by atoms with Crippen LogP contribution in [0.1, 0.15) is 16.7 Å². The number of hydrogen-bond donors (Lipinski definition) is 1. The Morgan fingerprint density at radius 2 is 2.00 bits per heavy atom. The lowest BCUT2D eigenvalue weighted by Gasteiger charge is -2.10. The number of aromatic nitrogens is 1. The lowest BCUT2D eigenvalue weighted by atomic mass is 10.1. The Morgan fingerprint density at radius 1 is 1.20 bits per heavy atom. The first kappa shape index (κ1) is 13.5. The van der Waals surface area contributed by atoms with Gasteiger partial charge in [0.1, 0.15) is 5.82 Å². The molecule has 2 aromatic carbocycles. The molecule has 1 atom stereocenters. The number of hydrogen-bond acceptors (Lipinski definition) is 3. The summed E-state index contributed by atoms with van der Waals surface area (Å²) in [5.74, 6) is -0.567. The van der Waals surface area contributed by atoms with Crippen LogP contribution in [0, 0.1) is 5.82 Å². The van der Waals surface area contributed by atoms with E-state index in [1.807, 2.05) is 24.3 Å². The molecule has 5 heteroatoms. The second-order valence-corrected chi connectivity index (χ2v) is 5.96. The van der Waals surface area contributed by atoms with E-state index in [-0.39, 0.29) is 17.0 Å². The van der Waals surface area contributed by atoms with Gasteiger partial charge in [-0.1, -0.05) is 35.9 Å². The fraction of sp³-hybridized carbons (Fsp3) is 0.133. The van der Waals surface area contributed by atoms with Gasteiger partial charge in [0.05, 0.1) is 26.4 Å². The largest absolute Gasteiger partial charge is 0.388 e. The second-order valence-electron chi connectivity index (χ2n) is 4.44. The summed E-state index contributed by atoms with van der Waals surface area (Å²) < 4.78 is 14.9. The summed E-state index contributed by atoms with van der Waals surface area (Å²) in [6.07, 6.45) is -0.675. The van der Waals surface area contributed by atoms with Crippen LogP contribution >= 0.6 is 22.9 Å². The van der Waals surface area contributed by atoms with Gasteiger partial charge in [0.2, 0.25) is 0 Å². The third-order valence-electron chi connectivity index (χ3n) is 3.05. The lowest BCUT2D eigenvalue weighted by molar-refractivity contribution is 0.173. The van der Waals surface area contributed by atoms with Crippen LogP contribution in [0.3, 0.4) is 0 Å². The smallest absolute Gasteiger partial charge is 0.147 e. The Kier molecular flexibility index (Phi) is 3.70. The fourth-order valence-electron chi connectivity index (χ4n) is 2.06. The molecule has 0 aliphatic heterocycles. The van der Waals surface area contributed by atoms with Crippen LogP contribution in [0.5, 0.6) is 0 Å². The minimum Gasteiger partial charge on any atom is -0.388 e. The van der Waals surface area contributed by atoms with E-state index >= 15 is 0 Å². The first-order valence-electron chi connectivity index (χ1n) is 6.11. The average Bonchev–Trinajstić information content (AvgIpc) is 2.83. The van der Waals surface area contributed by atoms with Gasteiger partial charge in [-0.3, -0.25) is 0 Å². The van der Waals surface area contributed by atoms with E-state index in [1.165, 1.54) is 17.4 Å². The van der Waals surface area contributed by atoms with E-state index in [2.05, 4.69) is 4.98 Å². The lowest BCUT2D eigenvalue weighted by Crippen LogP contribution is -2.04. The highest BCUT2D eigenvalue weighted by Crippen LogP contribution is 2.29. The van der Waals surface area contributed by atoms with Crippen molar-refractivity contribution >= 4 is 33.2 Å². The number of fused-ring (bicyclic) bond motifs is 1. The molecular weight excluding hydrogens is 297 g/mol. The van der Waals surface area contributed by atoms with E-state index in [0.717, 1.165) is 15.2 Å². The van der Waals surface area contributed by atoms with Gasteiger partial charge in [0.25, 0.3) is 0 Å². The van der Waals surface area contributed by atoms with Gasteiger partial charge in [0, 0.05) is 12.0 Å². The van der Waals surface area contributed by atoms with Crippen molar-refractivity contribution in [3.63, 3.8) is 0 Å². The minimum atomic E-state index is -0.950. The van der Waals surface area contributed by atoms with Gasteiger partial charge >= 0.3 is 0 Å². The molecule has 0 radical (unpaired) electrons. The summed E-state index contributed by atoms with van der Waals surface area (Å²) in [7, 11) is 0. The Morgan fingerprint density at radius 3 is 2.80 bits per heavy atom. The van der Waals surface area contributed by atoms with Gasteiger partial charge in [-0.25, -0.2) is 9.37 Å². The van der Waals surface area contributed by atoms with Crippen molar-refractivity contribution < 1.29 is 9.50 Å². The van der Waals surface area contributed by atoms with Crippen molar-refractivity contribution in [3.05, 3.63) is 63.9 Å². The molecule has 0 aliphatic rings. The van der Waals surface area contributed by atoms with Crippen LogP contribution in [0.25, 0.3) is 10.2 Å². The molecule has 20 heavy (non-hydrogen) atoms. The fourth-order valence-corrected chi connectivity index (χ4v) is 3.25. The van der Waals surface area contributed by atoms with Gasteiger partial charge < -0.3 is 5.11 Å². The summed E-state index contributed by atoms with van der Waals surface area (Å²) in [5.41, 5.74) is 1.10. The molecular formula is C15H11ClFNOS. The Hall–Kier alpha value is -1.49. The Balaban J connectivity index is 1.88. The van der Waals surface area contributed by atoms with Crippen molar-refractivity contribution in [2.45, 2.75) is 12.5 Å².